The summed E-state index contributed by atoms with van der Waals surface area (Å²) in [5, 5.41) is 4.18. The third-order valence-electron chi connectivity index (χ3n) is 5.22. The zero-order valence-electron chi connectivity index (χ0n) is 16.5. The van der Waals surface area contributed by atoms with Gasteiger partial charge in [0.15, 0.2) is 0 Å². The van der Waals surface area contributed by atoms with Crippen molar-refractivity contribution in [2.24, 2.45) is 0 Å². The molecule has 0 saturated heterocycles. The number of benzene rings is 2. The van der Waals surface area contributed by atoms with Crippen LogP contribution in [0, 0.1) is 40.4 Å². The number of nitrogens with one attached hydrogen (secondary N) is 1. The molecule has 1 aromatic heterocycles. The van der Waals surface area contributed by atoms with Gasteiger partial charge in [0.05, 0.1) is 11.4 Å². The molecule has 6 nitrogen and oxygen atoms in total. The van der Waals surface area contributed by atoms with Crippen LogP contribution in [-0.2, 0) is 16.6 Å². The molecular formula is C20H23FN4O2S. The fourth-order valence-corrected chi connectivity index (χ4v) is 4.78. The highest BCUT2D eigenvalue weighted by Crippen LogP contribution is 2.30. The van der Waals surface area contributed by atoms with Gasteiger partial charge in [0.2, 0.25) is 0 Å². The topological polar surface area (TPSA) is 76.9 Å². The summed E-state index contributed by atoms with van der Waals surface area (Å²) in [5.41, 5.74) is 5.28. The Morgan fingerprint density at radius 1 is 0.929 bits per heavy atom. The van der Waals surface area contributed by atoms with Crippen molar-refractivity contribution in [1.82, 2.24) is 14.8 Å². The van der Waals surface area contributed by atoms with Crippen LogP contribution in [0.2, 0.25) is 0 Å². The van der Waals surface area contributed by atoms with Gasteiger partial charge in [-0.25, -0.2) is 22.2 Å². The van der Waals surface area contributed by atoms with Crippen molar-refractivity contribution in [3.63, 3.8) is 0 Å². The zero-order valence-corrected chi connectivity index (χ0v) is 17.4. The number of aromatic nitrogens is 3. The third-order valence-corrected chi connectivity index (χ3v) is 6.82. The summed E-state index contributed by atoms with van der Waals surface area (Å²) in [6.45, 7) is 9.81. The van der Waals surface area contributed by atoms with E-state index in [9.17, 15) is 12.8 Å². The van der Waals surface area contributed by atoms with E-state index in [1.165, 1.54) is 23.1 Å². The average molecular weight is 402 g/mol. The number of nitrogens with zero attached hydrogens (tertiary/aromatic N) is 3. The molecule has 0 saturated carbocycles. The SMILES string of the molecule is Cc1c(C)c(C)c(S(=O)(=O)Nc2ncn(Cc3ccc(F)cc3)n2)c(C)c1C. The van der Waals surface area contributed by atoms with Crippen LogP contribution in [0.25, 0.3) is 0 Å². The number of halogens is 1. The fraction of sp³-hybridized carbons (Fsp3) is 0.300. The Morgan fingerprint density at radius 2 is 1.46 bits per heavy atom. The Kier molecular flexibility index (Phi) is 5.25. The number of rotatable bonds is 5. The fourth-order valence-electron chi connectivity index (χ4n) is 3.23. The van der Waals surface area contributed by atoms with Crippen LogP contribution in [0.4, 0.5) is 10.3 Å². The summed E-state index contributed by atoms with van der Waals surface area (Å²) in [4.78, 5) is 4.32. The second-order valence-corrected chi connectivity index (χ2v) is 8.57. The van der Waals surface area contributed by atoms with E-state index in [2.05, 4.69) is 14.8 Å². The van der Waals surface area contributed by atoms with Crippen LogP contribution in [0.15, 0.2) is 35.5 Å². The average Bonchev–Trinajstić information content (AvgIpc) is 3.06. The quantitative estimate of drug-likeness (QED) is 0.704. The van der Waals surface area contributed by atoms with Crippen molar-refractivity contribution in [3.05, 3.63) is 69.8 Å². The van der Waals surface area contributed by atoms with Crippen molar-refractivity contribution in [2.75, 3.05) is 4.72 Å². The van der Waals surface area contributed by atoms with Crippen LogP contribution < -0.4 is 4.72 Å². The molecule has 0 bridgehead atoms. The summed E-state index contributed by atoms with van der Waals surface area (Å²) >= 11 is 0. The molecule has 3 aromatic rings. The maximum Gasteiger partial charge on any atom is 0.264 e. The highest BCUT2D eigenvalue weighted by atomic mass is 32.2. The van der Waals surface area contributed by atoms with Crippen LogP contribution in [0.5, 0.6) is 0 Å². The Balaban J connectivity index is 1.88. The van der Waals surface area contributed by atoms with E-state index < -0.39 is 10.0 Å². The van der Waals surface area contributed by atoms with E-state index in [4.69, 9.17) is 0 Å². The molecule has 0 aliphatic heterocycles. The van der Waals surface area contributed by atoms with Gasteiger partial charge in [0, 0.05) is 0 Å². The molecule has 3 rings (SSSR count). The second-order valence-electron chi connectivity index (χ2n) is 6.95. The lowest BCUT2D eigenvalue weighted by Crippen LogP contribution is -2.18. The molecule has 0 spiro atoms. The van der Waals surface area contributed by atoms with E-state index in [1.807, 2.05) is 34.6 Å². The lowest BCUT2D eigenvalue weighted by Gasteiger charge is -2.18. The van der Waals surface area contributed by atoms with Gasteiger partial charge in [-0.05, 0) is 80.1 Å². The van der Waals surface area contributed by atoms with Crippen LogP contribution in [-0.4, -0.2) is 23.2 Å². The predicted octanol–water partition coefficient (Wildman–Crippen LogP) is 3.81. The molecular weight excluding hydrogens is 379 g/mol. The first kappa shape index (κ1) is 20.0. The van der Waals surface area contributed by atoms with Gasteiger partial charge >= 0.3 is 0 Å². The van der Waals surface area contributed by atoms with Crippen molar-refractivity contribution in [3.8, 4) is 0 Å². The molecule has 0 atom stereocenters. The first-order valence-corrected chi connectivity index (χ1v) is 10.3. The highest BCUT2D eigenvalue weighted by molar-refractivity contribution is 7.92. The number of sulfonamides is 1. The molecule has 0 radical (unpaired) electrons. The van der Waals surface area contributed by atoms with Gasteiger partial charge < -0.3 is 0 Å². The molecule has 0 fully saturated rings. The van der Waals surface area contributed by atoms with E-state index in [1.54, 1.807) is 12.1 Å². The van der Waals surface area contributed by atoms with Crippen LogP contribution >= 0.6 is 0 Å². The second kappa shape index (κ2) is 7.35. The summed E-state index contributed by atoms with van der Waals surface area (Å²) < 4.78 is 43.0. The molecule has 0 amide bonds. The smallest absolute Gasteiger partial charge is 0.246 e. The molecule has 0 unspecified atom stereocenters. The van der Waals surface area contributed by atoms with Crippen LogP contribution in [0.1, 0.15) is 33.4 Å². The highest BCUT2D eigenvalue weighted by Gasteiger charge is 2.24. The maximum absolute atomic E-state index is 13.0. The Labute approximate surface area is 164 Å². The minimum absolute atomic E-state index is 0.00297. The monoisotopic (exact) mass is 402 g/mol. The molecule has 148 valence electrons. The van der Waals surface area contributed by atoms with Crippen molar-refractivity contribution in [2.45, 2.75) is 46.1 Å². The summed E-state index contributed by atoms with van der Waals surface area (Å²) in [7, 11) is -3.84. The summed E-state index contributed by atoms with van der Waals surface area (Å²) in [5.74, 6) is -0.318. The predicted molar refractivity (Wildman–Crippen MR) is 106 cm³/mol. The molecule has 28 heavy (non-hydrogen) atoms. The van der Waals surface area contributed by atoms with Gasteiger partial charge in [-0.2, -0.15) is 4.98 Å². The molecule has 0 aliphatic carbocycles. The van der Waals surface area contributed by atoms with E-state index in [-0.39, 0.29) is 16.7 Å². The standard InChI is InChI=1S/C20H23FN4O2S/c1-12-13(2)15(4)19(16(5)14(12)3)28(26,27)24-20-22-11-25(23-20)10-17-6-8-18(21)9-7-17/h6-9,11H,10H2,1-5H3,(H,23,24). The molecule has 0 aliphatic rings. The summed E-state index contributed by atoms with van der Waals surface area (Å²) in [6, 6.07) is 6.02. The maximum atomic E-state index is 13.0. The lowest BCUT2D eigenvalue weighted by molar-refractivity contribution is 0.599. The Morgan fingerprint density at radius 3 is 2.04 bits per heavy atom. The molecule has 2 aromatic carbocycles. The van der Waals surface area contributed by atoms with Crippen molar-refractivity contribution >= 4 is 16.0 Å². The summed E-state index contributed by atoms with van der Waals surface area (Å²) in [6.07, 6.45) is 1.44. The Hall–Kier alpha value is -2.74. The molecule has 1 heterocycles. The first-order valence-electron chi connectivity index (χ1n) is 8.84. The van der Waals surface area contributed by atoms with Gasteiger partial charge in [0.1, 0.15) is 12.1 Å². The normalized spacial score (nSPS) is 11.6. The van der Waals surface area contributed by atoms with E-state index in [0.29, 0.717) is 6.54 Å². The number of hydrogen-bond acceptors (Lipinski definition) is 4. The van der Waals surface area contributed by atoms with Crippen molar-refractivity contribution < 1.29 is 12.8 Å². The minimum Gasteiger partial charge on any atom is -0.246 e. The number of anilines is 1. The molecule has 1 N–H and O–H groups in total. The van der Waals surface area contributed by atoms with E-state index in [0.717, 1.165) is 33.4 Å². The van der Waals surface area contributed by atoms with Crippen molar-refractivity contribution in [1.29, 1.82) is 0 Å². The molecule has 8 heteroatoms. The largest absolute Gasteiger partial charge is 0.264 e. The van der Waals surface area contributed by atoms with Gasteiger partial charge in [-0.1, -0.05) is 12.1 Å². The van der Waals surface area contributed by atoms with E-state index >= 15 is 0 Å². The van der Waals surface area contributed by atoms with Crippen LogP contribution in [0.3, 0.4) is 0 Å². The third kappa shape index (κ3) is 3.77. The zero-order chi connectivity index (χ0) is 20.6. The van der Waals surface area contributed by atoms with Gasteiger partial charge in [0.25, 0.3) is 16.0 Å². The van der Waals surface area contributed by atoms with Gasteiger partial charge in [-0.15, -0.1) is 5.10 Å². The van der Waals surface area contributed by atoms with Gasteiger partial charge in [-0.3, -0.25) is 0 Å². The first-order chi connectivity index (χ1) is 13.1. The minimum atomic E-state index is -3.84. The lowest BCUT2D eigenvalue weighted by atomic mass is 9.95. The number of hydrogen-bond donors (Lipinski definition) is 1. The Bertz CT molecular complexity index is 1110.